The van der Waals surface area contributed by atoms with Gasteiger partial charge in [-0.2, -0.15) is 0 Å². The largest absolute Gasteiger partial charge is 0.478 e. The molecular weight excluding hydrogens is 292 g/mol. The molecule has 0 radical (unpaired) electrons. The van der Waals surface area contributed by atoms with E-state index in [9.17, 15) is 14.7 Å². The molecule has 2 N–H and O–H groups in total. The predicted molar refractivity (Wildman–Crippen MR) is 86.4 cm³/mol. The Kier molecular flexibility index (Phi) is 3.76. The number of carbonyl (C=O) groups is 2. The van der Waals surface area contributed by atoms with Crippen molar-refractivity contribution < 1.29 is 14.7 Å². The molecule has 3 aromatic rings. The molecule has 0 aliphatic rings. The summed E-state index contributed by atoms with van der Waals surface area (Å²) in [5.74, 6) is -1.09. The van der Waals surface area contributed by atoms with Crippen LogP contribution in [0.5, 0.6) is 0 Å². The standard InChI is InChI=1S/C18H14N2O3/c1-11(21)13-3-2-4-14(9-13)17-15(18(22)23)10-16(20-17)12-5-7-19-8-6-12/h2-10,20H,1H3,(H,22,23). The fourth-order valence-electron chi connectivity index (χ4n) is 2.43. The van der Waals surface area contributed by atoms with Crippen LogP contribution in [-0.2, 0) is 0 Å². The first-order valence-electron chi connectivity index (χ1n) is 7.04. The van der Waals surface area contributed by atoms with E-state index >= 15 is 0 Å². The molecule has 2 heterocycles. The molecule has 0 amide bonds. The number of carbonyl (C=O) groups excluding carboxylic acids is 1. The number of nitrogens with one attached hydrogen (secondary N) is 1. The van der Waals surface area contributed by atoms with Gasteiger partial charge in [0.2, 0.25) is 0 Å². The number of ketones is 1. The van der Waals surface area contributed by atoms with E-state index in [1.165, 1.54) is 6.92 Å². The number of aromatic nitrogens is 2. The third-order valence-electron chi connectivity index (χ3n) is 3.60. The fraction of sp³-hybridized carbons (Fsp3) is 0.0556. The molecule has 1 aromatic carbocycles. The van der Waals surface area contributed by atoms with Crippen molar-refractivity contribution in [1.29, 1.82) is 0 Å². The summed E-state index contributed by atoms with van der Waals surface area (Å²) in [6.07, 6.45) is 3.29. The minimum absolute atomic E-state index is 0.0651. The third kappa shape index (κ3) is 2.89. The van der Waals surface area contributed by atoms with E-state index < -0.39 is 5.97 Å². The van der Waals surface area contributed by atoms with Crippen molar-refractivity contribution in [3.05, 3.63) is 66.0 Å². The van der Waals surface area contributed by atoms with Gasteiger partial charge in [0.1, 0.15) is 0 Å². The van der Waals surface area contributed by atoms with Crippen molar-refractivity contribution in [3.8, 4) is 22.5 Å². The highest BCUT2D eigenvalue weighted by atomic mass is 16.4. The molecule has 114 valence electrons. The summed E-state index contributed by atoms with van der Waals surface area (Å²) < 4.78 is 0. The number of carboxylic acids is 1. The summed E-state index contributed by atoms with van der Waals surface area (Å²) >= 11 is 0. The molecule has 0 aliphatic heterocycles. The molecule has 0 atom stereocenters. The molecule has 5 nitrogen and oxygen atoms in total. The van der Waals surface area contributed by atoms with Crippen LogP contribution in [0.2, 0.25) is 0 Å². The highest BCUT2D eigenvalue weighted by Gasteiger charge is 2.17. The second kappa shape index (κ2) is 5.88. The summed E-state index contributed by atoms with van der Waals surface area (Å²) in [5, 5.41) is 9.47. The second-order valence-corrected chi connectivity index (χ2v) is 5.15. The van der Waals surface area contributed by atoms with Crippen LogP contribution in [0.15, 0.2) is 54.9 Å². The molecule has 2 aromatic heterocycles. The number of Topliss-reactive ketones (excluding diaryl/α,β-unsaturated/α-hetero) is 1. The lowest BCUT2D eigenvalue weighted by Gasteiger charge is -2.03. The van der Waals surface area contributed by atoms with Crippen molar-refractivity contribution in [2.24, 2.45) is 0 Å². The van der Waals surface area contributed by atoms with Gasteiger partial charge in [0.05, 0.1) is 11.3 Å². The molecule has 0 saturated carbocycles. The van der Waals surface area contributed by atoms with Gasteiger partial charge in [-0.05, 0) is 36.8 Å². The average molecular weight is 306 g/mol. The zero-order valence-electron chi connectivity index (χ0n) is 12.4. The number of aromatic carboxylic acids is 1. The van der Waals surface area contributed by atoms with Gasteiger partial charge in [0.25, 0.3) is 0 Å². The minimum atomic E-state index is -1.02. The van der Waals surface area contributed by atoms with Crippen LogP contribution >= 0.6 is 0 Å². The SMILES string of the molecule is CC(=O)c1cccc(-c2[nH]c(-c3ccncc3)cc2C(=O)O)c1. The Morgan fingerprint density at radius 3 is 2.43 bits per heavy atom. The van der Waals surface area contributed by atoms with Crippen LogP contribution in [0.4, 0.5) is 0 Å². The molecule has 23 heavy (non-hydrogen) atoms. The molecule has 0 bridgehead atoms. The molecule has 0 spiro atoms. The lowest BCUT2D eigenvalue weighted by Crippen LogP contribution is -1.98. The van der Waals surface area contributed by atoms with Gasteiger partial charge in [-0.25, -0.2) is 4.79 Å². The molecule has 0 aliphatic carbocycles. The molecule has 3 rings (SSSR count). The van der Waals surface area contributed by atoms with Crippen molar-refractivity contribution in [1.82, 2.24) is 9.97 Å². The Morgan fingerprint density at radius 1 is 1.04 bits per heavy atom. The lowest BCUT2D eigenvalue weighted by molar-refractivity contribution is 0.0697. The fourth-order valence-corrected chi connectivity index (χ4v) is 2.43. The van der Waals surface area contributed by atoms with Crippen LogP contribution in [0.1, 0.15) is 27.6 Å². The van der Waals surface area contributed by atoms with E-state index in [0.717, 1.165) is 5.56 Å². The van der Waals surface area contributed by atoms with Gasteiger partial charge in [-0.1, -0.05) is 18.2 Å². The average Bonchev–Trinajstić information content (AvgIpc) is 3.01. The van der Waals surface area contributed by atoms with Gasteiger partial charge in [0, 0.05) is 29.2 Å². The van der Waals surface area contributed by atoms with Crippen LogP contribution in [-0.4, -0.2) is 26.8 Å². The highest BCUT2D eigenvalue weighted by molar-refractivity contribution is 5.99. The van der Waals surface area contributed by atoms with Gasteiger partial charge in [0.15, 0.2) is 5.78 Å². The van der Waals surface area contributed by atoms with E-state index in [1.807, 2.05) is 0 Å². The lowest BCUT2D eigenvalue weighted by atomic mass is 10.0. The van der Waals surface area contributed by atoms with E-state index in [2.05, 4.69) is 9.97 Å². The summed E-state index contributed by atoms with van der Waals surface area (Å²) in [4.78, 5) is 30.2. The van der Waals surface area contributed by atoms with Crippen LogP contribution in [0.25, 0.3) is 22.5 Å². The normalized spacial score (nSPS) is 10.5. The second-order valence-electron chi connectivity index (χ2n) is 5.15. The highest BCUT2D eigenvalue weighted by Crippen LogP contribution is 2.29. The Labute approximate surface area is 132 Å². The number of benzene rings is 1. The van der Waals surface area contributed by atoms with Crippen molar-refractivity contribution in [2.75, 3.05) is 0 Å². The van der Waals surface area contributed by atoms with E-state index in [1.54, 1.807) is 54.9 Å². The maximum atomic E-state index is 11.6. The zero-order chi connectivity index (χ0) is 16.4. The number of rotatable bonds is 4. The Bertz CT molecular complexity index is 882. The van der Waals surface area contributed by atoms with Crippen molar-refractivity contribution in [2.45, 2.75) is 6.92 Å². The smallest absolute Gasteiger partial charge is 0.337 e. The minimum Gasteiger partial charge on any atom is -0.478 e. The third-order valence-corrected chi connectivity index (χ3v) is 3.60. The molecule has 0 unspecified atom stereocenters. The number of hydrogen-bond acceptors (Lipinski definition) is 3. The van der Waals surface area contributed by atoms with E-state index in [4.69, 9.17) is 0 Å². The van der Waals surface area contributed by atoms with Crippen molar-refractivity contribution >= 4 is 11.8 Å². The molecular formula is C18H14N2O3. The summed E-state index contributed by atoms with van der Waals surface area (Å²) in [5.41, 5.74) is 3.38. The first kappa shape index (κ1) is 14.7. The number of hydrogen-bond donors (Lipinski definition) is 2. The summed E-state index contributed by atoms with van der Waals surface area (Å²) in [6, 6.07) is 12.1. The first-order chi connectivity index (χ1) is 11.1. The number of aromatic amines is 1. The molecule has 0 fully saturated rings. The Balaban J connectivity index is 2.15. The van der Waals surface area contributed by atoms with Gasteiger partial charge < -0.3 is 10.1 Å². The first-order valence-corrected chi connectivity index (χ1v) is 7.04. The van der Waals surface area contributed by atoms with Crippen LogP contribution in [0.3, 0.4) is 0 Å². The summed E-state index contributed by atoms with van der Waals surface area (Å²) in [6.45, 7) is 1.48. The van der Waals surface area contributed by atoms with Crippen LogP contribution < -0.4 is 0 Å². The number of pyridine rings is 1. The topological polar surface area (TPSA) is 83.0 Å². The maximum Gasteiger partial charge on any atom is 0.337 e. The van der Waals surface area contributed by atoms with Gasteiger partial charge in [-0.15, -0.1) is 0 Å². The van der Waals surface area contributed by atoms with Gasteiger partial charge in [-0.3, -0.25) is 9.78 Å². The zero-order valence-corrected chi connectivity index (χ0v) is 12.4. The Hall–Kier alpha value is -3.21. The monoisotopic (exact) mass is 306 g/mol. The maximum absolute atomic E-state index is 11.6. The number of nitrogens with zero attached hydrogens (tertiary/aromatic N) is 1. The van der Waals surface area contributed by atoms with Crippen LogP contribution in [0, 0.1) is 0 Å². The predicted octanol–water partition coefficient (Wildman–Crippen LogP) is 3.64. The van der Waals surface area contributed by atoms with Gasteiger partial charge >= 0.3 is 5.97 Å². The van der Waals surface area contributed by atoms with E-state index in [-0.39, 0.29) is 11.3 Å². The van der Waals surface area contributed by atoms with E-state index in [0.29, 0.717) is 22.5 Å². The molecule has 0 saturated heterocycles. The molecule has 5 heteroatoms. The summed E-state index contributed by atoms with van der Waals surface area (Å²) in [7, 11) is 0. The quantitative estimate of drug-likeness (QED) is 0.721. The Morgan fingerprint density at radius 2 is 1.78 bits per heavy atom. The van der Waals surface area contributed by atoms with Crippen molar-refractivity contribution in [3.63, 3.8) is 0 Å². The number of carboxylic acid groups (broad SMARTS) is 1. The number of H-pyrrole nitrogens is 1.